The first-order valence-corrected chi connectivity index (χ1v) is 8.17. The van der Waals surface area contributed by atoms with Gasteiger partial charge in [0.25, 0.3) is 5.56 Å². The SMILES string of the molecule is [B]c1ccc2c(=O)n(CC(=O)Nc3ncc(F)cc3F)nc(C(C)C)c2c1. The Bertz CT molecular complexity index is 1100. The topological polar surface area (TPSA) is 76.9 Å². The second kappa shape index (κ2) is 7.26. The molecule has 0 bridgehead atoms. The van der Waals surface area contributed by atoms with Crippen molar-refractivity contribution in [3.8, 4) is 0 Å². The van der Waals surface area contributed by atoms with Crippen molar-refractivity contribution in [1.29, 1.82) is 0 Å². The summed E-state index contributed by atoms with van der Waals surface area (Å²) >= 11 is 0. The fraction of sp³-hybridized carbons (Fsp3) is 0.222. The molecule has 1 aromatic carbocycles. The van der Waals surface area contributed by atoms with E-state index >= 15 is 0 Å². The Balaban J connectivity index is 1.97. The summed E-state index contributed by atoms with van der Waals surface area (Å²) in [6.07, 6.45) is 0.778. The van der Waals surface area contributed by atoms with Gasteiger partial charge >= 0.3 is 0 Å². The molecule has 2 aromatic heterocycles. The van der Waals surface area contributed by atoms with Crippen LogP contribution in [0.25, 0.3) is 10.8 Å². The highest BCUT2D eigenvalue weighted by Crippen LogP contribution is 2.20. The van der Waals surface area contributed by atoms with Gasteiger partial charge in [0.15, 0.2) is 11.6 Å². The molecule has 2 heterocycles. The molecule has 0 atom stereocenters. The summed E-state index contributed by atoms with van der Waals surface area (Å²) < 4.78 is 27.5. The maximum atomic E-state index is 13.6. The second-order valence-corrected chi connectivity index (χ2v) is 6.34. The molecule has 0 saturated carbocycles. The number of pyridine rings is 1. The van der Waals surface area contributed by atoms with Gasteiger partial charge in [-0.3, -0.25) is 9.59 Å². The number of nitrogens with zero attached hydrogens (tertiary/aromatic N) is 3. The minimum atomic E-state index is -1.01. The normalized spacial score (nSPS) is 11.1. The van der Waals surface area contributed by atoms with Gasteiger partial charge in [-0.25, -0.2) is 18.4 Å². The lowest BCUT2D eigenvalue weighted by Crippen LogP contribution is -2.31. The summed E-state index contributed by atoms with van der Waals surface area (Å²) in [5, 5.41) is 7.48. The number of nitrogens with one attached hydrogen (secondary N) is 1. The summed E-state index contributed by atoms with van der Waals surface area (Å²) in [4.78, 5) is 28.3. The number of fused-ring (bicyclic) bond motifs is 1. The minimum Gasteiger partial charge on any atom is -0.307 e. The zero-order valence-corrected chi connectivity index (χ0v) is 14.7. The van der Waals surface area contributed by atoms with Gasteiger partial charge < -0.3 is 5.32 Å². The van der Waals surface area contributed by atoms with Crippen LogP contribution in [0.15, 0.2) is 35.3 Å². The van der Waals surface area contributed by atoms with Crippen LogP contribution in [0.4, 0.5) is 14.6 Å². The zero-order chi connectivity index (χ0) is 19.7. The number of hydrogen-bond acceptors (Lipinski definition) is 4. The molecule has 1 amide bonds. The lowest BCUT2D eigenvalue weighted by molar-refractivity contribution is -0.117. The zero-order valence-electron chi connectivity index (χ0n) is 14.7. The summed E-state index contributed by atoms with van der Waals surface area (Å²) in [6.45, 7) is 3.35. The van der Waals surface area contributed by atoms with E-state index in [1.54, 1.807) is 18.2 Å². The molecule has 1 N–H and O–H groups in total. The number of halogens is 2. The van der Waals surface area contributed by atoms with E-state index in [0.29, 0.717) is 28.0 Å². The summed E-state index contributed by atoms with van der Waals surface area (Å²) in [6, 6.07) is 5.44. The summed E-state index contributed by atoms with van der Waals surface area (Å²) in [5.41, 5.74) is 0.631. The molecule has 9 heteroatoms. The second-order valence-electron chi connectivity index (χ2n) is 6.34. The molecule has 3 rings (SSSR count). The van der Waals surface area contributed by atoms with Crippen LogP contribution < -0.4 is 16.3 Å². The van der Waals surface area contributed by atoms with Crippen molar-refractivity contribution < 1.29 is 13.6 Å². The van der Waals surface area contributed by atoms with Gasteiger partial charge in [-0.15, -0.1) is 0 Å². The summed E-state index contributed by atoms with van der Waals surface area (Å²) in [5.74, 6) is -3.04. The number of aromatic nitrogens is 3. The predicted octanol–water partition coefficient (Wildman–Crippen LogP) is 1.63. The highest BCUT2D eigenvalue weighted by molar-refractivity contribution is 6.33. The van der Waals surface area contributed by atoms with E-state index in [4.69, 9.17) is 7.85 Å². The van der Waals surface area contributed by atoms with Crippen molar-refractivity contribution in [2.24, 2.45) is 0 Å². The first kappa shape index (κ1) is 18.7. The third-order valence-corrected chi connectivity index (χ3v) is 3.92. The number of rotatable bonds is 4. The Labute approximate surface area is 154 Å². The molecular formula is C18H15BF2N4O2. The molecule has 0 aliphatic heterocycles. The molecule has 6 nitrogen and oxygen atoms in total. The molecule has 0 aliphatic rings. The van der Waals surface area contributed by atoms with Gasteiger partial charge in [0.1, 0.15) is 20.2 Å². The smallest absolute Gasteiger partial charge is 0.275 e. The maximum Gasteiger partial charge on any atom is 0.275 e. The average molecular weight is 368 g/mol. The van der Waals surface area contributed by atoms with Gasteiger partial charge in [-0.05, 0) is 12.0 Å². The van der Waals surface area contributed by atoms with Crippen molar-refractivity contribution in [3.63, 3.8) is 0 Å². The van der Waals surface area contributed by atoms with Crippen LogP contribution in [0, 0.1) is 11.6 Å². The van der Waals surface area contributed by atoms with Crippen LogP contribution in [0.3, 0.4) is 0 Å². The van der Waals surface area contributed by atoms with Crippen LogP contribution in [-0.4, -0.2) is 28.5 Å². The van der Waals surface area contributed by atoms with Gasteiger partial charge in [-0.2, -0.15) is 5.10 Å². The van der Waals surface area contributed by atoms with Gasteiger partial charge in [0, 0.05) is 11.5 Å². The van der Waals surface area contributed by atoms with Crippen molar-refractivity contribution >= 4 is 35.8 Å². The molecule has 2 radical (unpaired) electrons. The third-order valence-electron chi connectivity index (χ3n) is 3.92. The van der Waals surface area contributed by atoms with Crippen LogP contribution in [0.2, 0.25) is 0 Å². The molecule has 27 heavy (non-hydrogen) atoms. The van der Waals surface area contributed by atoms with Crippen LogP contribution in [0.1, 0.15) is 25.5 Å². The van der Waals surface area contributed by atoms with E-state index in [2.05, 4.69) is 15.4 Å². The molecule has 0 unspecified atom stereocenters. The Morgan fingerprint density at radius 1 is 1.26 bits per heavy atom. The van der Waals surface area contributed by atoms with Crippen molar-refractivity contribution in [2.75, 3.05) is 5.32 Å². The lowest BCUT2D eigenvalue weighted by Gasteiger charge is -2.14. The first-order valence-electron chi connectivity index (χ1n) is 8.17. The number of anilines is 1. The summed E-state index contributed by atoms with van der Waals surface area (Å²) in [7, 11) is 5.80. The van der Waals surface area contributed by atoms with Crippen LogP contribution in [-0.2, 0) is 11.3 Å². The van der Waals surface area contributed by atoms with Gasteiger partial charge in [-0.1, -0.05) is 31.4 Å². The van der Waals surface area contributed by atoms with Crippen LogP contribution in [0.5, 0.6) is 0 Å². The quantitative estimate of drug-likeness (QED) is 0.711. The molecular weight excluding hydrogens is 353 g/mol. The van der Waals surface area contributed by atoms with E-state index in [1.807, 2.05) is 13.8 Å². The predicted molar refractivity (Wildman–Crippen MR) is 98.3 cm³/mol. The molecule has 0 fully saturated rings. The maximum absolute atomic E-state index is 13.6. The molecule has 3 aromatic rings. The lowest BCUT2D eigenvalue weighted by atomic mass is 9.92. The fourth-order valence-electron chi connectivity index (χ4n) is 2.68. The average Bonchev–Trinajstić information content (AvgIpc) is 2.59. The third kappa shape index (κ3) is 3.86. The number of amides is 1. The van der Waals surface area contributed by atoms with E-state index < -0.39 is 35.5 Å². The van der Waals surface area contributed by atoms with Crippen molar-refractivity contribution in [1.82, 2.24) is 14.8 Å². The van der Waals surface area contributed by atoms with E-state index in [-0.39, 0.29) is 5.92 Å². The van der Waals surface area contributed by atoms with Crippen molar-refractivity contribution in [3.05, 3.63) is 58.1 Å². The Morgan fingerprint density at radius 3 is 2.67 bits per heavy atom. The Morgan fingerprint density at radius 2 is 2.00 bits per heavy atom. The van der Waals surface area contributed by atoms with Crippen LogP contribution >= 0.6 is 0 Å². The number of benzene rings is 1. The number of carbonyl (C=O) groups excluding carboxylic acids is 1. The number of carbonyl (C=O) groups is 1. The van der Waals surface area contributed by atoms with Gasteiger partial charge in [0.2, 0.25) is 5.91 Å². The molecule has 0 spiro atoms. The van der Waals surface area contributed by atoms with E-state index in [0.717, 1.165) is 10.9 Å². The Kier molecular flexibility index (Phi) is 5.03. The molecule has 0 aliphatic carbocycles. The largest absolute Gasteiger partial charge is 0.307 e. The monoisotopic (exact) mass is 368 g/mol. The standard InChI is InChI=1S/C18H15BF2N4O2/c1-9(2)16-13-5-10(19)3-4-12(13)18(27)25(24-16)8-15(26)23-17-14(21)6-11(20)7-22-17/h3-7,9H,8H2,1-2H3,(H,22,23,26). The Hall–Kier alpha value is -3.10. The van der Waals surface area contributed by atoms with E-state index in [1.165, 1.54) is 0 Å². The number of hydrogen-bond donors (Lipinski definition) is 1. The van der Waals surface area contributed by atoms with Gasteiger partial charge in [0.05, 0.1) is 17.3 Å². The molecule has 0 saturated heterocycles. The highest BCUT2D eigenvalue weighted by atomic mass is 19.1. The highest BCUT2D eigenvalue weighted by Gasteiger charge is 2.16. The minimum absolute atomic E-state index is 0.0274. The fourth-order valence-corrected chi connectivity index (χ4v) is 2.68. The molecule has 136 valence electrons. The van der Waals surface area contributed by atoms with E-state index in [9.17, 15) is 18.4 Å². The van der Waals surface area contributed by atoms with Crippen molar-refractivity contribution in [2.45, 2.75) is 26.3 Å². The first-order chi connectivity index (χ1) is 12.8.